The topological polar surface area (TPSA) is 45.2 Å². The van der Waals surface area contributed by atoms with Crippen LogP contribution in [0.4, 0.5) is 5.82 Å². The van der Waals surface area contributed by atoms with E-state index in [4.69, 9.17) is 0 Å². The summed E-state index contributed by atoms with van der Waals surface area (Å²) in [7, 11) is 0. The first-order valence-corrected chi connectivity index (χ1v) is 8.25. The van der Waals surface area contributed by atoms with E-state index in [0.29, 0.717) is 6.04 Å². The maximum Gasteiger partial charge on any atom is 0.254 e. The third-order valence-electron chi connectivity index (χ3n) is 4.15. The molecule has 21 heavy (non-hydrogen) atoms. The molecule has 2 rings (SSSR count). The van der Waals surface area contributed by atoms with Crippen molar-refractivity contribution in [3.05, 3.63) is 23.4 Å². The molecule has 1 fully saturated rings. The number of nitrogens with one attached hydrogen (secondary N) is 1. The van der Waals surface area contributed by atoms with Crippen LogP contribution in [0.3, 0.4) is 0 Å². The third kappa shape index (κ3) is 3.74. The van der Waals surface area contributed by atoms with Crippen molar-refractivity contribution in [2.75, 3.05) is 18.4 Å². The molecule has 1 saturated heterocycles. The molecule has 0 aliphatic carbocycles. The average Bonchev–Trinajstić information content (AvgIpc) is 3.00. The Morgan fingerprint density at radius 1 is 1.38 bits per heavy atom. The number of carbonyl (C=O) groups is 1. The number of anilines is 1. The van der Waals surface area contributed by atoms with Crippen molar-refractivity contribution >= 4 is 11.7 Å². The van der Waals surface area contributed by atoms with Crippen LogP contribution in [-0.4, -0.2) is 34.9 Å². The van der Waals surface area contributed by atoms with Crippen molar-refractivity contribution in [2.24, 2.45) is 0 Å². The van der Waals surface area contributed by atoms with Crippen molar-refractivity contribution in [1.29, 1.82) is 0 Å². The van der Waals surface area contributed by atoms with Gasteiger partial charge in [-0.15, -0.1) is 0 Å². The van der Waals surface area contributed by atoms with Gasteiger partial charge in [-0.2, -0.15) is 0 Å². The van der Waals surface area contributed by atoms with E-state index in [9.17, 15) is 4.79 Å². The van der Waals surface area contributed by atoms with Gasteiger partial charge >= 0.3 is 0 Å². The number of pyridine rings is 1. The number of nitrogens with zero attached hydrogens (tertiary/aromatic N) is 2. The molecular weight excluding hydrogens is 262 g/mol. The van der Waals surface area contributed by atoms with Crippen molar-refractivity contribution in [1.82, 2.24) is 9.88 Å². The summed E-state index contributed by atoms with van der Waals surface area (Å²) in [4.78, 5) is 19.4. The monoisotopic (exact) mass is 289 g/mol. The number of hydrogen-bond acceptors (Lipinski definition) is 3. The van der Waals surface area contributed by atoms with E-state index in [1.165, 1.54) is 0 Å². The molecule has 116 valence electrons. The van der Waals surface area contributed by atoms with Gasteiger partial charge in [0.1, 0.15) is 5.82 Å². The molecular formula is C17H27N3O. The van der Waals surface area contributed by atoms with Gasteiger partial charge in [0, 0.05) is 30.4 Å². The molecule has 0 spiro atoms. The molecule has 0 aromatic carbocycles. The molecule has 1 aliphatic heterocycles. The van der Waals surface area contributed by atoms with E-state index in [2.05, 4.69) is 31.1 Å². The molecule has 1 atom stereocenters. The van der Waals surface area contributed by atoms with E-state index >= 15 is 0 Å². The van der Waals surface area contributed by atoms with E-state index in [1.807, 2.05) is 17.0 Å². The minimum Gasteiger partial charge on any atom is -0.370 e. The van der Waals surface area contributed by atoms with Gasteiger partial charge < -0.3 is 10.2 Å². The van der Waals surface area contributed by atoms with Crippen molar-refractivity contribution < 1.29 is 4.79 Å². The fraction of sp³-hybridized carbons (Fsp3) is 0.647. The molecule has 1 amide bonds. The normalized spacial score (nSPS) is 18.0. The van der Waals surface area contributed by atoms with Gasteiger partial charge in [-0.25, -0.2) is 4.98 Å². The Labute approximate surface area is 127 Å². The Balaban J connectivity index is 2.22. The lowest BCUT2D eigenvalue weighted by Crippen LogP contribution is -2.35. The summed E-state index contributed by atoms with van der Waals surface area (Å²) < 4.78 is 0. The van der Waals surface area contributed by atoms with Crippen LogP contribution in [0.25, 0.3) is 0 Å². The maximum atomic E-state index is 12.8. The zero-order chi connectivity index (χ0) is 15.2. The number of aryl methyl sites for hydroxylation is 1. The van der Waals surface area contributed by atoms with Crippen LogP contribution >= 0.6 is 0 Å². The number of carbonyl (C=O) groups excluding carboxylic acids is 1. The second kappa shape index (κ2) is 7.43. The fourth-order valence-electron chi connectivity index (χ4n) is 2.93. The minimum atomic E-state index is 0.163. The second-order valence-corrected chi connectivity index (χ2v) is 5.72. The Morgan fingerprint density at radius 2 is 2.19 bits per heavy atom. The predicted molar refractivity (Wildman–Crippen MR) is 86.7 cm³/mol. The number of rotatable bonds is 6. The first-order valence-electron chi connectivity index (χ1n) is 8.25. The Morgan fingerprint density at radius 3 is 2.86 bits per heavy atom. The zero-order valence-corrected chi connectivity index (χ0v) is 13.5. The first kappa shape index (κ1) is 15.8. The van der Waals surface area contributed by atoms with E-state index < -0.39 is 0 Å². The highest BCUT2D eigenvalue weighted by Crippen LogP contribution is 2.23. The molecule has 4 heteroatoms. The molecule has 0 bridgehead atoms. The number of aromatic nitrogens is 1. The van der Waals surface area contributed by atoms with Crippen molar-refractivity contribution in [3.63, 3.8) is 0 Å². The fourth-order valence-corrected chi connectivity index (χ4v) is 2.93. The van der Waals surface area contributed by atoms with Crippen molar-refractivity contribution in [3.8, 4) is 0 Å². The minimum absolute atomic E-state index is 0.163. The lowest BCUT2D eigenvalue weighted by atomic mass is 10.1. The summed E-state index contributed by atoms with van der Waals surface area (Å²) in [5.74, 6) is 0.989. The maximum absolute atomic E-state index is 12.8. The Hall–Kier alpha value is -1.58. The largest absolute Gasteiger partial charge is 0.370 e. The van der Waals surface area contributed by atoms with Gasteiger partial charge in [-0.3, -0.25) is 4.79 Å². The van der Waals surface area contributed by atoms with Crippen molar-refractivity contribution in [2.45, 2.75) is 58.9 Å². The summed E-state index contributed by atoms with van der Waals surface area (Å²) >= 11 is 0. The van der Waals surface area contributed by atoms with Crippen LogP contribution in [-0.2, 0) is 6.42 Å². The number of amides is 1. The summed E-state index contributed by atoms with van der Waals surface area (Å²) in [6.07, 6.45) is 5.19. The summed E-state index contributed by atoms with van der Waals surface area (Å²) in [6, 6.07) is 4.26. The molecule has 4 nitrogen and oxygen atoms in total. The van der Waals surface area contributed by atoms with E-state index in [1.54, 1.807) is 0 Å². The Kier molecular flexibility index (Phi) is 5.59. The van der Waals surface area contributed by atoms with E-state index in [-0.39, 0.29) is 5.91 Å². The van der Waals surface area contributed by atoms with Gasteiger partial charge in [-0.1, -0.05) is 20.8 Å². The van der Waals surface area contributed by atoms with Gasteiger partial charge in [0.2, 0.25) is 0 Å². The molecule has 1 N–H and O–H groups in total. The third-order valence-corrected chi connectivity index (χ3v) is 4.15. The molecule has 0 saturated carbocycles. The predicted octanol–water partition coefficient (Wildman–Crippen LogP) is 3.48. The smallest absolute Gasteiger partial charge is 0.254 e. The van der Waals surface area contributed by atoms with Gasteiger partial charge in [0.25, 0.3) is 5.91 Å². The van der Waals surface area contributed by atoms with Crippen LogP contribution in [0, 0.1) is 0 Å². The highest BCUT2D eigenvalue weighted by atomic mass is 16.2. The number of hydrogen-bond donors (Lipinski definition) is 1. The molecule has 1 aromatic rings. The van der Waals surface area contributed by atoms with Gasteiger partial charge in [0.15, 0.2) is 0 Å². The molecule has 1 unspecified atom stereocenters. The van der Waals surface area contributed by atoms with Crippen LogP contribution in [0.5, 0.6) is 0 Å². The zero-order valence-electron chi connectivity index (χ0n) is 13.5. The summed E-state index contributed by atoms with van der Waals surface area (Å²) in [6.45, 7) is 8.13. The highest BCUT2D eigenvalue weighted by molar-refractivity contribution is 5.95. The van der Waals surface area contributed by atoms with Crippen LogP contribution in [0.2, 0.25) is 0 Å². The lowest BCUT2D eigenvalue weighted by molar-refractivity contribution is 0.0733. The average molecular weight is 289 g/mol. The van der Waals surface area contributed by atoms with E-state index in [0.717, 1.165) is 62.3 Å². The number of likely N-dealkylation sites (tertiary alicyclic amines) is 1. The van der Waals surface area contributed by atoms with Crippen LogP contribution in [0.15, 0.2) is 12.1 Å². The first-order chi connectivity index (χ1) is 10.2. The summed E-state index contributed by atoms with van der Waals surface area (Å²) in [5, 5.41) is 3.30. The van der Waals surface area contributed by atoms with Crippen LogP contribution in [0.1, 0.15) is 62.5 Å². The molecule has 2 heterocycles. The second-order valence-electron chi connectivity index (χ2n) is 5.72. The standard InChI is InChI=1S/C17H27N3O/c1-4-9-18-16-12-13(11-14(5-2)19-16)17(21)20-10-7-8-15(20)6-3/h11-12,15H,4-10H2,1-3H3,(H,18,19). The molecule has 0 radical (unpaired) electrons. The van der Waals surface area contributed by atoms with Crippen LogP contribution < -0.4 is 5.32 Å². The lowest BCUT2D eigenvalue weighted by Gasteiger charge is -2.24. The quantitative estimate of drug-likeness (QED) is 0.872. The molecule has 1 aliphatic rings. The van der Waals surface area contributed by atoms with Gasteiger partial charge in [0.05, 0.1) is 0 Å². The van der Waals surface area contributed by atoms with Gasteiger partial charge in [-0.05, 0) is 44.2 Å². The molecule has 1 aromatic heterocycles. The highest BCUT2D eigenvalue weighted by Gasteiger charge is 2.28. The SMILES string of the molecule is CCCNc1cc(C(=O)N2CCCC2CC)cc(CC)n1. The summed E-state index contributed by atoms with van der Waals surface area (Å²) in [5.41, 5.74) is 1.76. The Bertz CT molecular complexity index is 487.